The average Bonchev–Trinajstić information content (AvgIpc) is 1.80. The van der Waals surface area contributed by atoms with Crippen LogP contribution >= 0.6 is 0 Å². The maximum absolute atomic E-state index is 10.2. The van der Waals surface area contributed by atoms with E-state index in [1.165, 1.54) is 19.2 Å². The van der Waals surface area contributed by atoms with Crippen molar-refractivity contribution in [1.29, 1.82) is 0 Å². The maximum Gasteiger partial charge on any atom is 0.154 e. The van der Waals surface area contributed by atoms with Gasteiger partial charge in [0.2, 0.25) is 0 Å². The van der Waals surface area contributed by atoms with Gasteiger partial charge in [0.1, 0.15) is 6.29 Å². The molecule has 0 aliphatic carbocycles. The number of allylic oxidation sites excluding steroid dienone is 1. The summed E-state index contributed by atoms with van der Waals surface area (Å²) < 4.78 is 0. The smallest absolute Gasteiger partial charge is 0.154 e. The molecule has 3 nitrogen and oxygen atoms in total. The predicted molar refractivity (Wildman–Crippen MR) is 33.9 cm³/mol. The van der Waals surface area contributed by atoms with E-state index >= 15 is 0 Å². The zero-order chi connectivity index (χ0) is 7.11. The molecule has 0 heterocycles. The summed E-state index contributed by atoms with van der Waals surface area (Å²) in [4.78, 5) is 19.9. The van der Waals surface area contributed by atoms with Crippen LogP contribution < -0.4 is 5.32 Å². The molecule has 50 valence electrons. The Morgan fingerprint density at radius 1 is 1.67 bits per heavy atom. The summed E-state index contributed by atoms with van der Waals surface area (Å²) in [5, 5.41) is 2.60. The largest absolute Gasteiger partial charge is 0.384 e. The molecule has 0 aliphatic rings. The molecule has 0 rings (SSSR count). The normalized spacial score (nSPS) is 9.44. The molecule has 0 aromatic heterocycles. The van der Waals surface area contributed by atoms with Crippen molar-refractivity contribution < 1.29 is 9.59 Å². The number of nitrogens with one attached hydrogen (secondary N) is 1. The minimum atomic E-state index is -0.0339. The topological polar surface area (TPSA) is 46.2 Å². The molecule has 0 amide bonds. The van der Waals surface area contributed by atoms with Gasteiger partial charge in [-0.2, -0.15) is 0 Å². The lowest BCUT2D eigenvalue weighted by Crippen LogP contribution is -2.07. The third-order valence-corrected chi connectivity index (χ3v) is 0.637. The Balaban J connectivity index is 3.24. The van der Waals surface area contributed by atoms with Gasteiger partial charge in [-0.25, -0.2) is 0 Å². The molecule has 0 atom stereocenters. The Morgan fingerprint density at radius 2 is 2.33 bits per heavy atom. The van der Waals surface area contributed by atoms with E-state index in [1.807, 2.05) is 0 Å². The fraction of sp³-hybridized carbons (Fsp3) is 0.333. The third kappa shape index (κ3) is 6.88. The number of rotatable bonds is 4. The van der Waals surface area contributed by atoms with Gasteiger partial charge in [-0.1, -0.05) is 0 Å². The first-order valence-electron chi connectivity index (χ1n) is 2.61. The Labute approximate surface area is 53.7 Å². The van der Waals surface area contributed by atoms with Crippen molar-refractivity contribution in [1.82, 2.24) is 5.32 Å². The zero-order valence-corrected chi connectivity index (χ0v) is 5.26. The van der Waals surface area contributed by atoms with Gasteiger partial charge in [0, 0.05) is 6.20 Å². The number of carbonyl (C=O) groups excluding carboxylic acids is 2. The number of hydrogen-bond acceptors (Lipinski definition) is 3. The second kappa shape index (κ2) is 5.03. The van der Waals surface area contributed by atoms with Gasteiger partial charge in [0.05, 0.1) is 6.54 Å². The van der Waals surface area contributed by atoms with Crippen LogP contribution in [0.1, 0.15) is 6.92 Å². The lowest BCUT2D eigenvalue weighted by molar-refractivity contribution is -0.112. The monoisotopic (exact) mass is 127 g/mol. The first kappa shape index (κ1) is 7.88. The number of ketones is 1. The second-order valence-electron chi connectivity index (χ2n) is 1.52. The molecule has 1 N–H and O–H groups in total. The minimum absolute atomic E-state index is 0.0339. The highest BCUT2D eigenvalue weighted by molar-refractivity contribution is 5.87. The maximum atomic E-state index is 10.2. The Morgan fingerprint density at radius 3 is 2.78 bits per heavy atom. The molecule has 0 aromatic rings. The van der Waals surface area contributed by atoms with Crippen molar-refractivity contribution >= 4 is 12.1 Å². The van der Waals surface area contributed by atoms with Crippen molar-refractivity contribution in [2.75, 3.05) is 6.54 Å². The van der Waals surface area contributed by atoms with Crippen LogP contribution in [0.3, 0.4) is 0 Å². The van der Waals surface area contributed by atoms with E-state index in [2.05, 4.69) is 5.32 Å². The molecule has 0 aromatic carbocycles. The van der Waals surface area contributed by atoms with Crippen LogP contribution in [0, 0.1) is 0 Å². The zero-order valence-electron chi connectivity index (χ0n) is 5.26. The van der Waals surface area contributed by atoms with E-state index in [9.17, 15) is 9.59 Å². The first-order valence-corrected chi connectivity index (χ1v) is 2.61. The molecule has 0 bridgehead atoms. The fourth-order valence-corrected chi connectivity index (χ4v) is 0.292. The molecule has 9 heavy (non-hydrogen) atoms. The van der Waals surface area contributed by atoms with Crippen molar-refractivity contribution in [2.45, 2.75) is 6.92 Å². The van der Waals surface area contributed by atoms with Gasteiger partial charge >= 0.3 is 0 Å². The number of carbonyl (C=O) groups is 2. The highest BCUT2D eigenvalue weighted by Crippen LogP contribution is 1.68. The van der Waals surface area contributed by atoms with Gasteiger partial charge in [-0.3, -0.25) is 4.79 Å². The van der Waals surface area contributed by atoms with Gasteiger partial charge < -0.3 is 10.1 Å². The van der Waals surface area contributed by atoms with Gasteiger partial charge in [-0.05, 0) is 13.0 Å². The lowest BCUT2D eigenvalue weighted by atomic mass is 10.4. The fourth-order valence-electron chi connectivity index (χ4n) is 0.292. The molecule has 0 saturated heterocycles. The van der Waals surface area contributed by atoms with Crippen LogP contribution in [0.2, 0.25) is 0 Å². The van der Waals surface area contributed by atoms with Crippen LogP contribution in [-0.2, 0) is 9.59 Å². The summed E-state index contributed by atoms with van der Waals surface area (Å²) in [6.45, 7) is 1.70. The van der Waals surface area contributed by atoms with Crippen molar-refractivity contribution in [3.63, 3.8) is 0 Å². The van der Waals surface area contributed by atoms with E-state index < -0.39 is 0 Å². The molecular weight excluding hydrogens is 118 g/mol. The highest BCUT2D eigenvalue weighted by atomic mass is 16.1. The summed E-state index contributed by atoms with van der Waals surface area (Å²) in [6.07, 6.45) is 3.55. The van der Waals surface area contributed by atoms with E-state index in [0.717, 1.165) is 6.29 Å². The van der Waals surface area contributed by atoms with Crippen molar-refractivity contribution in [3.8, 4) is 0 Å². The SMILES string of the molecule is CC(=O)/C=C\NCC=O. The van der Waals surface area contributed by atoms with Crippen molar-refractivity contribution in [2.24, 2.45) is 0 Å². The van der Waals surface area contributed by atoms with Crippen LogP contribution in [0.15, 0.2) is 12.3 Å². The number of aldehydes is 1. The lowest BCUT2D eigenvalue weighted by Gasteiger charge is -1.86. The second-order valence-corrected chi connectivity index (χ2v) is 1.52. The summed E-state index contributed by atoms with van der Waals surface area (Å²) in [5.74, 6) is -0.0339. The van der Waals surface area contributed by atoms with Crippen LogP contribution in [0.5, 0.6) is 0 Å². The van der Waals surface area contributed by atoms with Crippen LogP contribution in [-0.4, -0.2) is 18.6 Å². The molecule has 0 saturated carbocycles. The molecular formula is C6H9NO2. The molecule has 0 radical (unpaired) electrons. The molecule has 0 spiro atoms. The molecule has 0 fully saturated rings. The van der Waals surface area contributed by atoms with E-state index in [0.29, 0.717) is 0 Å². The van der Waals surface area contributed by atoms with Crippen molar-refractivity contribution in [3.05, 3.63) is 12.3 Å². The van der Waals surface area contributed by atoms with Gasteiger partial charge in [-0.15, -0.1) is 0 Å². The summed E-state index contributed by atoms with van der Waals surface area (Å²) >= 11 is 0. The van der Waals surface area contributed by atoms with Gasteiger partial charge in [0.15, 0.2) is 5.78 Å². The molecule has 0 unspecified atom stereocenters. The summed E-state index contributed by atoms with van der Waals surface area (Å²) in [6, 6.07) is 0. The summed E-state index contributed by atoms with van der Waals surface area (Å²) in [7, 11) is 0. The molecule has 3 heteroatoms. The standard InChI is InChI=1S/C6H9NO2/c1-6(9)2-3-7-4-5-8/h2-3,5,7H,4H2,1H3/b3-2-. The third-order valence-electron chi connectivity index (χ3n) is 0.637. The quantitative estimate of drug-likeness (QED) is 0.325. The molecule has 0 aliphatic heterocycles. The Hall–Kier alpha value is -1.12. The average molecular weight is 127 g/mol. The Kier molecular flexibility index (Phi) is 4.40. The summed E-state index contributed by atoms with van der Waals surface area (Å²) in [5.41, 5.74) is 0. The van der Waals surface area contributed by atoms with E-state index in [4.69, 9.17) is 0 Å². The predicted octanol–water partition coefficient (Wildman–Crippen LogP) is -0.122. The van der Waals surface area contributed by atoms with E-state index in [-0.39, 0.29) is 12.3 Å². The first-order chi connectivity index (χ1) is 4.27. The highest BCUT2D eigenvalue weighted by Gasteiger charge is 1.78. The van der Waals surface area contributed by atoms with Gasteiger partial charge in [0.25, 0.3) is 0 Å². The Bertz CT molecular complexity index is 129. The number of hydrogen-bond donors (Lipinski definition) is 1. The minimum Gasteiger partial charge on any atom is -0.384 e. The van der Waals surface area contributed by atoms with Crippen LogP contribution in [0.4, 0.5) is 0 Å². The van der Waals surface area contributed by atoms with Crippen LogP contribution in [0.25, 0.3) is 0 Å². The van der Waals surface area contributed by atoms with E-state index in [1.54, 1.807) is 0 Å².